The molecule has 0 N–H and O–H groups in total. The van der Waals surface area contributed by atoms with Crippen LogP contribution in [0.4, 0.5) is 10.1 Å². The number of anilines is 1. The van der Waals surface area contributed by atoms with E-state index < -0.39 is 21.4 Å². The van der Waals surface area contributed by atoms with Crippen molar-refractivity contribution in [3.63, 3.8) is 0 Å². The molecule has 3 fully saturated rings. The normalized spacial score (nSPS) is 21.1. The number of carbonyl (C=O) groups excluding carboxylic acids is 2. The number of sulfonamides is 1. The van der Waals surface area contributed by atoms with Gasteiger partial charge in [0.25, 0.3) is 0 Å². The number of hydrogen-bond acceptors (Lipinski definition) is 5. The van der Waals surface area contributed by atoms with Gasteiger partial charge in [-0.2, -0.15) is 4.31 Å². The molecule has 0 aliphatic carbocycles. The average Bonchev–Trinajstić information content (AvgIpc) is 3.16. The minimum Gasteiger partial charge on any atom is -0.341 e. The van der Waals surface area contributed by atoms with Crippen LogP contribution in [0.15, 0.2) is 59.5 Å². The predicted molar refractivity (Wildman–Crippen MR) is 138 cm³/mol. The number of carbonyl (C=O) groups is 2. The minimum absolute atomic E-state index is 0.0237. The number of rotatable bonds is 5. The van der Waals surface area contributed by atoms with E-state index in [0.717, 1.165) is 30.7 Å². The highest BCUT2D eigenvalue weighted by Gasteiger charge is 2.55. The van der Waals surface area contributed by atoms with Gasteiger partial charge in [-0.25, -0.2) is 12.8 Å². The first-order valence-corrected chi connectivity index (χ1v) is 14.3. The summed E-state index contributed by atoms with van der Waals surface area (Å²) in [6, 6.07) is 14.4. The number of halogens is 1. The summed E-state index contributed by atoms with van der Waals surface area (Å²) in [4.78, 5) is 32.5. The Morgan fingerprint density at radius 3 is 2.22 bits per heavy atom. The number of nitrogens with zero attached hydrogens (tertiary/aromatic N) is 4. The molecule has 0 bridgehead atoms. The molecule has 3 heterocycles. The first kappa shape index (κ1) is 25.7. The maximum atomic E-state index is 13.9. The third-order valence-electron chi connectivity index (χ3n) is 8.05. The number of likely N-dealkylation sites (tertiary alicyclic amines) is 1. The van der Waals surface area contributed by atoms with Crippen LogP contribution in [-0.4, -0.2) is 79.3 Å². The van der Waals surface area contributed by atoms with Crippen molar-refractivity contribution in [2.75, 3.05) is 44.3 Å². The van der Waals surface area contributed by atoms with Gasteiger partial charge in [0.05, 0.1) is 11.6 Å². The molecule has 0 aromatic heterocycles. The molecule has 198 valence electrons. The predicted octanol–water partition coefficient (Wildman–Crippen LogP) is 2.91. The first-order valence-electron chi connectivity index (χ1n) is 12.9. The van der Waals surface area contributed by atoms with Crippen molar-refractivity contribution in [3.05, 3.63) is 60.4 Å². The third kappa shape index (κ3) is 4.84. The fraction of sp³-hybridized carbons (Fsp3) is 0.481. The molecule has 3 aliphatic heterocycles. The van der Waals surface area contributed by atoms with E-state index in [-0.39, 0.29) is 43.0 Å². The van der Waals surface area contributed by atoms with E-state index in [1.54, 1.807) is 4.90 Å². The first-order chi connectivity index (χ1) is 17.7. The molecule has 2 aromatic carbocycles. The van der Waals surface area contributed by atoms with E-state index in [4.69, 9.17) is 0 Å². The van der Waals surface area contributed by atoms with Crippen LogP contribution in [0.3, 0.4) is 0 Å². The second kappa shape index (κ2) is 10.1. The van der Waals surface area contributed by atoms with E-state index >= 15 is 0 Å². The van der Waals surface area contributed by atoms with Gasteiger partial charge in [0.15, 0.2) is 0 Å². The van der Waals surface area contributed by atoms with E-state index in [1.807, 2.05) is 40.1 Å². The van der Waals surface area contributed by atoms with Gasteiger partial charge in [0.2, 0.25) is 21.8 Å². The largest absolute Gasteiger partial charge is 0.341 e. The Hall–Kier alpha value is -2.98. The van der Waals surface area contributed by atoms with Crippen molar-refractivity contribution in [2.45, 2.75) is 43.0 Å². The maximum absolute atomic E-state index is 13.9. The Balaban J connectivity index is 1.36. The summed E-state index contributed by atoms with van der Waals surface area (Å²) in [7, 11) is -3.81. The summed E-state index contributed by atoms with van der Waals surface area (Å²) in [5.41, 5.74) is -0.0558. The van der Waals surface area contributed by atoms with E-state index in [1.165, 1.54) is 16.4 Å². The molecule has 1 spiro atoms. The summed E-state index contributed by atoms with van der Waals surface area (Å²) < 4.78 is 41.1. The van der Waals surface area contributed by atoms with Gasteiger partial charge in [-0.05, 0) is 68.0 Å². The molecule has 0 unspecified atom stereocenters. The number of amides is 2. The van der Waals surface area contributed by atoms with Crippen LogP contribution < -0.4 is 4.90 Å². The number of benzene rings is 2. The van der Waals surface area contributed by atoms with Crippen LogP contribution in [0.5, 0.6) is 0 Å². The van der Waals surface area contributed by atoms with Crippen molar-refractivity contribution in [2.24, 2.45) is 5.92 Å². The molecule has 37 heavy (non-hydrogen) atoms. The summed E-state index contributed by atoms with van der Waals surface area (Å²) in [6.45, 7) is 4.23. The minimum atomic E-state index is -3.81. The molecular weight excluding hydrogens is 495 g/mol. The summed E-state index contributed by atoms with van der Waals surface area (Å²) in [5, 5.41) is 0. The van der Waals surface area contributed by atoms with E-state index in [2.05, 4.69) is 6.92 Å². The molecule has 0 atom stereocenters. The Morgan fingerprint density at radius 1 is 0.973 bits per heavy atom. The lowest BCUT2D eigenvalue weighted by atomic mass is 9.86. The van der Waals surface area contributed by atoms with E-state index in [9.17, 15) is 22.4 Å². The van der Waals surface area contributed by atoms with Crippen molar-refractivity contribution in [1.29, 1.82) is 0 Å². The standard InChI is InChI=1S/C27H33FN4O4S/c1-21-11-15-29(16-12-21)25(33)19-30-20-32(23-5-3-2-4-6-23)27(26(30)34)13-17-31(18-14-27)37(35,36)24-9-7-22(28)8-10-24/h2-10,21H,11-20H2,1H3. The van der Waals surface area contributed by atoms with Crippen LogP contribution in [-0.2, 0) is 19.6 Å². The highest BCUT2D eigenvalue weighted by molar-refractivity contribution is 7.89. The third-order valence-corrected chi connectivity index (χ3v) is 9.96. The number of para-hydroxylation sites is 1. The molecule has 3 aliphatic rings. The molecular formula is C27H33FN4O4S. The second-order valence-electron chi connectivity index (χ2n) is 10.4. The molecule has 3 saturated heterocycles. The highest BCUT2D eigenvalue weighted by atomic mass is 32.2. The highest BCUT2D eigenvalue weighted by Crippen LogP contribution is 2.40. The van der Waals surface area contributed by atoms with Gasteiger partial charge in [0, 0.05) is 31.9 Å². The van der Waals surface area contributed by atoms with Gasteiger partial charge in [0.1, 0.15) is 17.9 Å². The molecule has 2 amide bonds. The molecule has 0 saturated carbocycles. The lowest BCUT2D eigenvalue weighted by Gasteiger charge is -2.42. The lowest BCUT2D eigenvalue weighted by Crippen LogP contribution is -2.57. The van der Waals surface area contributed by atoms with Crippen LogP contribution in [0.1, 0.15) is 32.6 Å². The lowest BCUT2D eigenvalue weighted by molar-refractivity contribution is -0.141. The molecule has 8 nitrogen and oxygen atoms in total. The van der Waals surface area contributed by atoms with Crippen molar-refractivity contribution < 1.29 is 22.4 Å². The fourth-order valence-electron chi connectivity index (χ4n) is 5.70. The molecule has 0 radical (unpaired) electrons. The molecule has 10 heteroatoms. The average molecular weight is 529 g/mol. The Labute approximate surface area is 217 Å². The van der Waals surface area contributed by atoms with Gasteiger partial charge in [-0.15, -0.1) is 0 Å². The Morgan fingerprint density at radius 2 is 1.59 bits per heavy atom. The van der Waals surface area contributed by atoms with Crippen LogP contribution in [0, 0.1) is 11.7 Å². The van der Waals surface area contributed by atoms with Gasteiger partial charge >= 0.3 is 0 Å². The zero-order valence-electron chi connectivity index (χ0n) is 21.1. The van der Waals surface area contributed by atoms with Crippen LogP contribution in [0.2, 0.25) is 0 Å². The number of piperidine rings is 2. The zero-order chi connectivity index (χ0) is 26.2. The van der Waals surface area contributed by atoms with Gasteiger partial charge in [-0.3, -0.25) is 9.59 Å². The topological polar surface area (TPSA) is 81.2 Å². The van der Waals surface area contributed by atoms with Crippen molar-refractivity contribution >= 4 is 27.5 Å². The summed E-state index contributed by atoms with van der Waals surface area (Å²) in [6.07, 6.45) is 2.54. The molecule has 2 aromatic rings. The second-order valence-corrected chi connectivity index (χ2v) is 12.3. The Bertz CT molecular complexity index is 1240. The monoisotopic (exact) mass is 528 g/mol. The SMILES string of the molecule is CC1CCN(C(=O)CN2CN(c3ccccc3)C3(CCN(S(=O)(=O)c4ccc(F)cc4)CC3)C2=O)CC1. The van der Waals surface area contributed by atoms with E-state index in [0.29, 0.717) is 31.8 Å². The summed E-state index contributed by atoms with van der Waals surface area (Å²) >= 11 is 0. The van der Waals surface area contributed by atoms with Crippen molar-refractivity contribution in [3.8, 4) is 0 Å². The zero-order valence-corrected chi connectivity index (χ0v) is 21.9. The smallest absolute Gasteiger partial charge is 0.250 e. The van der Waals surface area contributed by atoms with Crippen molar-refractivity contribution in [1.82, 2.24) is 14.1 Å². The van der Waals surface area contributed by atoms with Gasteiger partial charge in [-0.1, -0.05) is 25.1 Å². The fourth-order valence-corrected chi connectivity index (χ4v) is 7.14. The maximum Gasteiger partial charge on any atom is 0.250 e. The van der Waals surface area contributed by atoms with Gasteiger partial charge < -0.3 is 14.7 Å². The van der Waals surface area contributed by atoms with Crippen LogP contribution >= 0.6 is 0 Å². The Kier molecular flexibility index (Phi) is 6.97. The summed E-state index contributed by atoms with van der Waals surface area (Å²) in [5.74, 6) is -0.0680. The molecule has 5 rings (SSSR count). The van der Waals surface area contributed by atoms with Crippen LogP contribution in [0.25, 0.3) is 0 Å². The number of hydrogen-bond donors (Lipinski definition) is 0. The quantitative estimate of drug-likeness (QED) is 0.596.